The summed E-state index contributed by atoms with van der Waals surface area (Å²) in [5.74, 6) is 0.0652. The van der Waals surface area contributed by atoms with Crippen LogP contribution in [0, 0.1) is 3.57 Å². The van der Waals surface area contributed by atoms with Crippen LogP contribution in [0.25, 0.3) is 0 Å². The maximum Gasteiger partial charge on any atom is 0.269 e. The maximum atomic E-state index is 12.3. The molecule has 0 saturated heterocycles. The van der Waals surface area contributed by atoms with Crippen LogP contribution in [0.3, 0.4) is 0 Å². The Bertz CT molecular complexity index is 640. The van der Waals surface area contributed by atoms with E-state index in [-0.39, 0.29) is 11.7 Å². The summed E-state index contributed by atoms with van der Waals surface area (Å²) in [6, 6.07) is 7.62. The molecule has 0 aliphatic carbocycles. The molecule has 21 heavy (non-hydrogen) atoms. The summed E-state index contributed by atoms with van der Waals surface area (Å²) in [5.41, 5.74) is 6.64. The highest BCUT2D eigenvalue weighted by Crippen LogP contribution is 2.28. The van der Waals surface area contributed by atoms with Crippen molar-refractivity contribution in [3.05, 3.63) is 32.7 Å². The Kier molecular flexibility index (Phi) is 5.40. The summed E-state index contributed by atoms with van der Waals surface area (Å²) < 4.78 is 1.06. The van der Waals surface area contributed by atoms with E-state index in [1.165, 1.54) is 11.3 Å². The first-order valence-corrected chi connectivity index (χ1v) is 8.52. The van der Waals surface area contributed by atoms with Gasteiger partial charge in [-0.05, 0) is 54.6 Å². The lowest BCUT2D eigenvalue weighted by atomic mass is 10.3. The second kappa shape index (κ2) is 7.08. The van der Waals surface area contributed by atoms with Gasteiger partial charge in [-0.25, -0.2) is 4.98 Å². The molecule has 0 saturated carbocycles. The first-order chi connectivity index (χ1) is 10.0. The van der Waals surface area contributed by atoms with Crippen LogP contribution >= 0.6 is 33.9 Å². The summed E-state index contributed by atoms with van der Waals surface area (Å²) in [6.07, 6.45) is 0. The van der Waals surface area contributed by atoms with Gasteiger partial charge in [-0.15, -0.1) is 0 Å². The number of aromatic nitrogens is 1. The van der Waals surface area contributed by atoms with Crippen LogP contribution in [-0.4, -0.2) is 24.0 Å². The van der Waals surface area contributed by atoms with E-state index in [0.29, 0.717) is 4.88 Å². The first kappa shape index (κ1) is 16.0. The van der Waals surface area contributed by atoms with Gasteiger partial charge in [-0.1, -0.05) is 17.4 Å². The number of amides is 1. The molecule has 0 spiro atoms. The number of benzene rings is 1. The van der Waals surface area contributed by atoms with Crippen LogP contribution in [0.2, 0.25) is 0 Å². The van der Waals surface area contributed by atoms with E-state index < -0.39 is 0 Å². The predicted molar refractivity (Wildman–Crippen MR) is 97.2 cm³/mol. The Morgan fingerprint density at radius 2 is 2.14 bits per heavy atom. The highest BCUT2D eigenvalue weighted by atomic mass is 127. The first-order valence-electron chi connectivity index (χ1n) is 6.63. The zero-order valence-corrected chi connectivity index (χ0v) is 14.9. The Hall–Kier alpha value is -1.35. The van der Waals surface area contributed by atoms with Crippen molar-refractivity contribution in [3.63, 3.8) is 0 Å². The van der Waals surface area contributed by atoms with Gasteiger partial charge in [0.2, 0.25) is 0 Å². The number of carbonyl (C=O) groups is 1. The van der Waals surface area contributed by atoms with Crippen molar-refractivity contribution in [1.82, 2.24) is 4.98 Å². The molecule has 0 radical (unpaired) electrons. The number of nitrogens with zero attached hydrogens (tertiary/aromatic N) is 2. The molecule has 7 heteroatoms. The highest BCUT2D eigenvalue weighted by Gasteiger charge is 2.18. The van der Waals surface area contributed by atoms with Crippen molar-refractivity contribution in [2.75, 3.05) is 29.0 Å². The van der Waals surface area contributed by atoms with Gasteiger partial charge in [0.05, 0.1) is 0 Å². The minimum atomic E-state index is -0.217. The third kappa shape index (κ3) is 3.85. The summed E-state index contributed by atoms with van der Waals surface area (Å²) in [6.45, 7) is 5.77. The lowest BCUT2D eigenvalue weighted by Gasteiger charge is -2.16. The molecular weight excluding hydrogens is 399 g/mol. The van der Waals surface area contributed by atoms with E-state index in [9.17, 15) is 4.79 Å². The van der Waals surface area contributed by atoms with Crippen molar-refractivity contribution < 1.29 is 4.79 Å². The van der Waals surface area contributed by atoms with Crippen molar-refractivity contribution in [2.24, 2.45) is 0 Å². The van der Waals surface area contributed by atoms with E-state index in [2.05, 4.69) is 37.8 Å². The SMILES string of the molecule is CCN(CC)c1nc(N)c(C(=O)Nc2cccc(I)c2)s1. The summed E-state index contributed by atoms with van der Waals surface area (Å²) in [5, 5.41) is 3.64. The van der Waals surface area contributed by atoms with Crippen LogP contribution < -0.4 is 16.0 Å². The molecule has 0 unspecified atom stereocenters. The van der Waals surface area contributed by atoms with Gasteiger partial charge in [0.15, 0.2) is 5.13 Å². The number of hydrogen-bond acceptors (Lipinski definition) is 5. The monoisotopic (exact) mass is 416 g/mol. The zero-order chi connectivity index (χ0) is 15.4. The van der Waals surface area contributed by atoms with Gasteiger partial charge in [-0.3, -0.25) is 4.79 Å². The van der Waals surface area contributed by atoms with Crippen LogP contribution in [0.15, 0.2) is 24.3 Å². The third-order valence-electron chi connectivity index (χ3n) is 2.96. The second-order valence-corrected chi connectivity index (χ2v) is 6.57. The average molecular weight is 416 g/mol. The lowest BCUT2D eigenvalue weighted by Crippen LogP contribution is -2.21. The highest BCUT2D eigenvalue weighted by molar-refractivity contribution is 14.1. The fourth-order valence-corrected chi connectivity index (χ4v) is 3.42. The number of anilines is 3. The topological polar surface area (TPSA) is 71.2 Å². The molecule has 2 aromatic rings. The molecule has 3 N–H and O–H groups in total. The largest absolute Gasteiger partial charge is 0.382 e. The molecule has 0 bridgehead atoms. The number of thiazole rings is 1. The number of nitrogen functional groups attached to an aromatic ring is 1. The summed E-state index contributed by atoms with van der Waals surface area (Å²) in [7, 11) is 0. The summed E-state index contributed by atoms with van der Waals surface area (Å²) >= 11 is 3.53. The van der Waals surface area contributed by atoms with Crippen molar-refractivity contribution >= 4 is 56.5 Å². The van der Waals surface area contributed by atoms with Gasteiger partial charge >= 0.3 is 0 Å². The van der Waals surface area contributed by atoms with Crippen LogP contribution in [0.1, 0.15) is 23.5 Å². The minimum Gasteiger partial charge on any atom is -0.382 e. The molecule has 0 aliphatic rings. The van der Waals surface area contributed by atoms with E-state index in [1.807, 2.05) is 38.1 Å². The number of hydrogen-bond donors (Lipinski definition) is 2. The Morgan fingerprint density at radius 3 is 2.76 bits per heavy atom. The predicted octanol–water partition coefficient (Wildman–Crippen LogP) is 3.43. The van der Waals surface area contributed by atoms with Gasteiger partial charge < -0.3 is 16.0 Å². The molecule has 112 valence electrons. The van der Waals surface area contributed by atoms with Crippen molar-refractivity contribution in [2.45, 2.75) is 13.8 Å². The summed E-state index contributed by atoms with van der Waals surface area (Å²) in [4.78, 5) is 19.1. The van der Waals surface area contributed by atoms with E-state index in [4.69, 9.17) is 5.73 Å². The molecule has 1 amide bonds. The zero-order valence-electron chi connectivity index (χ0n) is 11.9. The standard InChI is InChI=1S/C14H17IN4OS/c1-3-19(4-2)14-18-12(16)11(21-14)13(20)17-10-7-5-6-9(15)8-10/h5-8H,3-4,16H2,1-2H3,(H,17,20). The maximum absolute atomic E-state index is 12.3. The van der Waals surface area contributed by atoms with Crippen molar-refractivity contribution in [1.29, 1.82) is 0 Å². The molecule has 0 atom stereocenters. The van der Waals surface area contributed by atoms with E-state index >= 15 is 0 Å². The Balaban J connectivity index is 2.19. The number of rotatable bonds is 5. The molecular formula is C14H17IN4OS. The van der Waals surface area contributed by atoms with E-state index in [1.54, 1.807) is 0 Å². The van der Waals surface area contributed by atoms with Gasteiger partial charge in [0.1, 0.15) is 10.7 Å². The van der Waals surface area contributed by atoms with Crippen LogP contribution in [0.4, 0.5) is 16.6 Å². The smallest absolute Gasteiger partial charge is 0.269 e. The number of nitrogens with one attached hydrogen (secondary N) is 1. The molecule has 0 aliphatic heterocycles. The fraction of sp³-hybridized carbons (Fsp3) is 0.286. The number of carbonyl (C=O) groups excluding carboxylic acids is 1. The molecule has 1 aromatic heterocycles. The van der Waals surface area contributed by atoms with Gasteiger partial charge in [0.25, 0.3) is 5.91 Å². The fourth-order valence-electron chi connectivity index (χ4n) is 1.87. The average Bonchev–Trinajstić information content (AvgIpc) is 2.82. The number of nitrogens with two attached hydrogens (primary N) is 1. The van der Waals surface area contributed by atoms with Crippen LogP contribution in [-0.2, 0) is 0 Å². The van der Waals surface area contributed by atoms with Crippen molar-refractivity contribution in [3.8, 4) is 0 Å². The van der Waals surface area contributed by atoms with E-state index in [0.717, 1.165) is 27.5 Å². The molecule has 1 heterocycles. The van der Waals surface area contributed by atoms with Gasteiger partial charge in [-0.2, -0.15) is 0 Å². The number of halogens is 1. The second-order valence-electron chi connectivity index (χ2n) is 4.35. The quantitative estimate of drug-likeness (QED) is 0.733. The Labute approximate surface area is 141 Å². The molecule has 5 nitrogen and oxygen atoms in total. The third-order valence-corrected chi connectivity index (χ3v) is 4.77. The minimum absolute atomic E-state index is 0.217. The molecule has 0 fully saturated rings. The van der Waals surface area contributed by atoms with Gasteiger partial charge in [0, 0.05) is 22.3 Å². The van der Waals surface area contributed by atoms with Crippen LogP contribution in [0.5, 0.6) is 0 Å². The molecule has 2 rings (SSSR count). The molecule has 1 aromatic carbocycles. The normalized spacial score (nSPS) is 10.4. The lowest BCUT2D eigenvalue weighted by molar-refractivity contribution is 0.103. The Morgan fingerprint density at radius 1 is 1.43 bits per heavy atom.